The van der Waals surface area contributed by atoms with Crippen molar-refractivity contribution in [2.24, 2.45) is 47.3 Å². The molecule has 8 fully saturated rings. The van der Waals surface area contributed by atoms with Crippen LogP contribution in [0, 0.1) is 71.0 Å². The van der Waals surface area contributed by atoms with Crippen LogP contribution in [0.3, 0.4) is 0 Å². The Morgan fingerprint density at radius 2 is 0.978 bits per heavy atom. The average Bonchev–Trinajstić information content (AvgIpc) is 3.04. The zero-order chi connectivity index (χ0) is 30.2. The number of carbonyl (C=O) groups is 1. The van der Waals surface area contributed by atoms with Crippen molar-refractivity contribution in [2.45, 2.75) is 75.0 Å². The minimum absolute atomic E-state index is 0.0652. The van der Waals surface area contributed by atoms with Gasteiger partial charge in [0, 0.05) is 33.8 Å². The molecule has 2 heteroatoms. The number of benzene rings is 3. The summed E-state index contributed by atoms with van der Waals surface area (Å²) in [6.45, 7) is 0. The monoisotopic (exact) mass is 590 g/mol. The molecule has 226 valence electrons. The van der Waals surface area contributed by atoms with Gasteiger partial charge in [0.2, 0.25) is 0 Å². The van der Waals surface area contributed by atoms with E-state index in [4.69, 9.17) is 0 Å². The Labute approximate surface area is 268 Å². The SMILES string of the molecule is O=C(O)c1cc(C23CC4CC(CC(C4)C2C#Cc2ccccc2)C3)cc(C23CC4CC(CC(C4)C2C#Cc2ccccc2)C3)c1. The van der Waals surface area contributed by atoms with E-state index in [1.54, 1.807) is 0 Å². The minimum Gasteiger partial charge on any atom is -0.478 e. The van der Waals surface area contributed by atoms with Gasteiger partial charge in [-0.15, -0.1) is 0 Å². The quantitative estimate of drug-likeness (QED) is 0.309. The number of carboxylic acids is 1. The van der Waals surface area contributed by atoms with Crippen molar-refractivity contribution in [1.29, 1.82) is 0 Å². The Balaban J connectivity index is 1.19. The topological polar surface area (TPSA) is 37.3 Å². The largest absolute Gasteiger partial charge is 0.478 e. The highest BCUT2D eigenvalue weighted by molar-refractivity contribution is 5.88. The molecule has 0 radical (unpaired) electrons. The molecule has 8 saturated carbocycles. The van der Waals surface area contributed by atoms with E-state index in [2.05, 4.69) is 103 Å². The lowest BCUT2D eigenvalue weighted by atomic mass is 9.42. The fourth-order valence-electron chi connectivity index (χ4n) is 12.1. The molecule has 45 heavy (non-hydrogen) atoms. The van der Waals surface area contributed by atoms with E-state index in [1.807, 2.05) is 0 Å². The summed E-state index contributed by atoms with van der Waals surface area (Å²) in [5.74, 6) is 18.8. The van der Waals surface area contributed by atoms with Gasteiger partial charge < -0.3 is 5.11 Å². The van der Waals surface area contributed by atoms with Crippen LogP contribution in [0.2, 0.25) is 0 Å². The zero-order valence-electron chi connectivity index (χ0n) is 26.1. The summed E-state index contributed by atoms with van der Waals surface area (Å²) in [7, 11) is 0. The summed E-state index contributed by atoms with van der Waals surface area (Å²) >= 11 is 0. The van der Waals surface area contributed by atoms with Crippen LogP contribution in [-0.4, -0.2) is 11.1 Å². The standard InChI is InChI=1S/C43H42O2/c44-41(45)36-21-37(42-24-30-15-31(25-42)18-34(17-30)39(42)13-11-28-7-3-1-4-8-28)23-38(22-36)43-26-32-16-33(27-43)20-35(19-32)40(43)14-12-29-9-5-2-6-10-29/h1-10,21-23,30-35,39-40H,15-20,24-27H2,(H,44,45). The molecule has 8 bridgehead atoms. The highest BCUT2D eigenvalue weighted by Gasteiger charge is 2.60. The maximum absolute atomic E-state index is 12.9. The summed E-state index contributed by atoms with van der Waals surface area (Å²) in [5.41, 5.74) is 5.04. The van der Waals surface area contributed by atoms with E-state index >= 15 is 0 Å². The van der Waals surface area contributed by atoms with Crippen LogP contribution in [0.15, 0.2) is 78.9 Å². The van der Waals surface area contributed by atoms with Crippen molar-refractivity contribution in [3.8, 4) is 23.7 Å². The smallest absolute Gasteiger partial charge is 0.335 e. The Morgan fingerprint density at radius 1 is 0.578 bits per heavy atom. The first-order valence-electron chi connectivity index (χ1n) is 17.5. The van der Waals surface area contributed by atoms with Gasteiger partial charge in [-0.25, -0.2) is 4.79 Å². The van der Waals surface area contributed by atoms with Gasteiger partial charge in [0.15, 0.2) is 0 Å². The molecular formula is C43H42O2. The maximum Gasteiger partial charge on any atom is 0.335 e. The van der Waals surface area contributed by atoms with Crippen LogP contribution in [0.5, 0.6) is 0 Å². The van der Waals surface area contributed by atoms with Crippen LogP contribution in [0.25, 0.3) is 0 Å². The Morgan fingerprint density at radius 3 is 1.36 bits per heavy atom. The van der Waals surface area contributed by atoms with Crippen molar-refractivity contribution < 1.29 is 9.90 Å². The van der Waals surface area contributed by atoms with Gasteiger partial charge in [-0.3, -0.25) is 0 Å². The average molecular weight is 591 g/mol. The summed E-state index contributed by atoms with van der Waals surface area (Å²) in [6, 6.07) is 27.5. The first-order valence-corrected chi connectivity index (χ1v) is 17.5. The van der Waals surface area contributed by atoms with Gasteiger partial charge in [-0.2, -0.15) is 0 Å². The van der Waals surface area contributed by atoms with E-state index in [9.17, 15) is 9.90 Å². The van der Waals surface area contributed by atoms with Gasteiger partial charge in [0.1, 0.15) is 0 Å². The van der Waals surface area contributed by atoms with Crippen molar-refractivity contribution in [2.75, 3.05) is 0 Å². The van der Waals surface area contributed by atoms with Gasteiger partial charge in [-0.1, -0.05) is 66.1 Å². The third-order valence-electron chi connectivity index (χ3n) is 13.2. The molecule has 0 aliphatic heterocycles. The molecule has 2 nitrogen and oxygen atoms in total. The molecule has 11 rings (SSSR count). The summed E-state index contributed by atoms with van der Waals surface area (Å²) in [6.07, 6.45) is 12.4. The minimum atomic E-state index is -0.800. The van der Waals surface area contributed by atoms with Crippen LogP contribution in [0.4, 0.5) is 0 Å². The Hall–Kier alpha value is -3.75. The molecule has 0 spiro atoms. The number of hydrogen-bond donors (Lipinski definition) is 1. The lowest BCUT2D eigenvalue weighted by molar-refractivity contribution is -0.0411. The van der Waals surface area contributed by atoms with E-state index in [1.165, 1.54) is 49.7 Å². The second kappa shape index (κ2) is 10.4. The molecule has 1 N–H and O–H groups in total. The number of rotatable bonds is 3. The van der Waals surface area contributed by atoms with Crippen molar-refractivity contribution in [3.05, 3.63) is 107 Å². The van der Waals surface area contributed by atoms with Gasteiger partial charge >= 0.3 is 5.97 Å². The first kappa shape index (κ1) is 27.6. The van der Waals surface area contributed by atoms with E-state index in [-0.39, 0.29) is 22.7 Å². The lowest BCUT2D eigenvalue weighted by Crippen LogP contribution is -2.56. The molecular weight excluding hydrogens is 548 g/mol. The molecule has 8 aliphatic rings. The van der Waals surface area contributed by atoms with E-state index in [0.717, 1.165) is 60.5 Å². The number of hydrogen-bond acceptors (Lipinski definition) is 1. The molecule has 6 unspecified atom stereocenters. The third kappa shape index (κ3) is 4.51. The first-order chi connectivity index (χ1) is 22.0. The molecule has 0 amide bonds. The maximum atomic E-state index is 12.9. The van der Waals surface area contributed by atoms with Crippen LogP contribution < -0.4 is 0 Å². The molecule has 3 aromatic carbocycles. The zero-order valence-corrected chi connectivity index (χ0v) is 26.1. The number of aromatic carboxylic acids is 1. The normalized spacial score (nSPS) is 38.2. The lowest BCUT2D eigenvalue weighted by Gasteiger charge is -2.61. The summed E-state index contributed by atoms with van der Waals surface area (Å²) < 4.78 is 0. The molecule has 0 aromatic heterocycles. The molecule has 6 atom stereocenters. The highest BCUT2D eigenvalue weighted by Crippen LogP contribution is 2.66. The fourth-order valence-corrected chi connectivity index (χ4v) is 12.1. The van der Waals surface area contributed by atoms with Gasteiger partial charge in [0.25, 0.3) is 0 Å². The highest BCUT2D eigenvalue weighted by atomic mass is 16.4. The Bertz CT molecular complexity index is 1610. The second-order valence-electron chi connectivity index (χ2n) is 15.9. The van der Waals surface area contributed by atoms with Gasteiger partial charge in [0.05, 0.1) is 5.56 Å². The second-order valence-corrected chi connectivity index (χ2v) is 15.9. The predicted molar refractivity (Wildman–Crippen MR) is 177 cm³/mol. The predicted octanol–water partition coefficient (Wildman–Crippen LogP) is 8.88. The van der Waals surface area contributed by atoms with Crippen molar-refractivity contribution in [3.63, 3.8) is 0 Å². The molecule has 0 heterocycles. The Kier molecular flexibility index (Phi) is 6.36. The van der Waals surface area contributed by atoms with E-state index < -0.39 is 5.97 Å². The van der Waals surface area contributed by atoms with Crippen molar-refractivity contribution >= 4 is 5.97 Å². The summed E-state index contributed by atoms with van der Waals surface area (Å²) in [5, 5.41) is 10.6. The molecule has 0 saturated heterocycles. The summed E-state index contributed by atoms with van der Waals surface area (Å²) in [4.78, 5) is 12.9. The molecule has 8 aliphatic carbocycles. The number of carboxylic acid groups (broad SMARTS) is 1. The van der Waals surface area contributed by atoms with E-state index in [0.29, 0.717) is 17.4 Å². The fraction of sp³-hybridized carbons (Fsp3) is 0.465. The van der Waals surface area contributed by atoms with Crippen molar-refractivity contribution in [1.82, 2.24) is 0 Å². The van der Waals surface area contributed by atoms with Crippen LogP contribution >= 0.6 is 0 Å². The molecule has 3 aromatic rings. The van der Waals surface area contributed by atoms with Crippen LogP contribution in [-0.2, 0) is 10.8 Å². The van der Waals surface area contributed by atoms with Gasteiger partial charge in [-0.05, 0) is 147 Å². The third-order valence-corrected chi connectivity index (χ3v) is 13.2. The van der Waals surface area contributed by atoms with Crippen LogP contribution in [0.1, 0.15) is 96.8 Å².